The van der Waals surface area contributed by atoms with Gasteiger partial charge in [-0.05, 0) is 24.7 Å². The highest BCUT2D eigenvalue weighted by atomic mass is 79.9. The minimum Gasteiger partial charge on any atom is -0.320 e. The number of ketones is 1. The number of nitrogens with zero attached hydrogens (tertiary/aromatic N) is 1. The molecule has 0 aromatic heterocycles. The molecule has 1 rings (SSSR count). The van der Waals surface area contributed by atoms with Crippen LogP contribution in [0.15, 0.2) is 34.5 Å². The van der Waals surface area contributed by atoms with Crippen molar-refractivity contribution in [2.24, 2.45) is 0 Å². The van der Waals surface area contributed by atoms with E-state index in [4.69, 9.17) is 0 Å². The number of allylic oxidation sites excluding steroid dienone is 3. The third kappa shape index (κ3) is 4.76. The predicted molar refractivity (Wildman–Crippen MR) is 79.8 cm³/mol. The number of rotatable bonds is 4. The second-order valence-corrected chi connectivity index (χ2v) is 5.20. The van der Waals surface area contributed by atoms with E-state index in [2.05, 4.69) is 46.6 Å². The van der Waals surface area contributed by atoms with Gasteiger partial charge in [0.15, 0.2) is 0 Å². The van der Waals surface area contributed by atoms with Gasteiger partial charge in [0, 0.05) is 23.1 Å². The van der Waals surface area contributed by atoms with Crippen LogP contribution in [-0.2, 0) is 9.59 Å². The van der Waals surface area contributed by atoms with Crippen molar-refractivity contribution in [3.8, 4) is 0 Å². The van der Waals surface area contributed by atoms with E-state index in [1.807, 2.05) is 6.08 Å². The van der Waals surface area contributed by atoms with Gasteiger partial charge >= 0.3 is 0 Å². The molecule has 0 aliphatic carbocycles. The molecule has 1 N–H and O–H groups in total. The Kier molecular flexibility index (Phi) is 6.18. The van der Waals surface area contributed by atoms with Crippen LogP contribution < -0.4 is 5.32 Å². The number of carbonyl (C=O) groups is 2. The highest BCUT2D eigenvalue weighted by molar-refractivity contribution is 9.11. The second-order valence-electron chi connectivity index (χ2n) is 4.28. The highest BCUT2D eigenvalue weighted by Gasteiger charge is 2.17. The van der Waals surface area contributed by atoms with Crippen molar-refractivity contribution in [2.75, 3.05) is 19.6 Å². The van der Waals surface area contributed by atoms with Crippen LogP contribution in [0.25, 0.3) is 0 Å². The van der Waals surface area contributed by atoms with Gasteiger partial charge in [-0.25, -0.2) is 0 Å². The molecule has 4 nitrogen and oxygen atoms in total. The minimum absolute atomic E-state index is 0.0920. The monoisotopic (exact) mass is 326 g/mol. The molecule has 19 heavy (non-hydrogen) atoms. The molecule has 1 aliphatic heterocycles. The molecule has 0 spiro atoms. The van der Waals surface area contributed by atoms with Crippen molar-refractivity contribution in [3.63, 3.8) is 0 Å². The van der Waals surface area contributed by atoms with E-state index in [1.54, 1.807) is 6.08 Å². The van der Waals surface area contributed by atoms with Crippen LogP contribution in [0, 0.1) is 0 Å². The molecule has 104 valence electrons. The zero-order valence-corrected chi connectivity index (χ0v) is 12.9. The van der Waals surface area contributed by atoms with Crippen molar-refractivity contribution in [2.45, 2.75) is 20.3 Å². The zero-order valence-electron chi connectivity index (χ0n) is 11.3. The molecule has 5 heteroatoms. The van der Waals surface area contributed by atoms with Crippen molar-refractivity contribution in [3.05, 3.63) is 34.5 Å². The molecule has 0 aromatic carbocycles. The summed E-state index contributed by atoms with van der Waals surface area (Å²) < 4.78 is 0.792. The Balaban J connectivity index is 2.99. The Labute approximate surface area is 122 Å². The highest BCUT2D eigenvalue weighted by Crippen LogP contribution is 2.17. The number of carbonyl (C=O) groups excluding carboxylic acids is 2. The molecule has 1 amide bonds. The molecule has 0 saturated heterocycles. The van der Waals surface area contributed by atoms with Gasteiger partial charge in [-0.2, -0.15) is 0 Å². The van der Waals surface area contributed by atoms with Gasteiger partial charge in [-0.15, -0.1) is 0 Å². The molecular formula is C14H19BrN2O2. The number of hydrogen-bond acceptors (Lipinski definition) is 3. The largest absolute Gasteiger partial charge is 0.320 e. The van der Waals surface area contributed by atoms with Crippen LogP contribution in [0.3, 0.4) is 0 Å². The Morgan fingerprint density at radius 2 is 2.00 bits per heavy atom. The first kappa shape index (κ1) is 15.9. The molecule has 0 atom stereocenters. The standard InChI is InChI=1S/C14H19BrN2O2/c1-4-17(5-2)9-11-8-12(15)6-7-13(18)14(19)16-10(11)3/h6,8H,3-5,7,9H2,1-2H3,(H,16,19)/b11-8-,12-6+. The van der Waals surface area contributed by atoms with Crippen molar-refractivity contribution < 1.29 is 9.59 Å². The van der Waals surface area contributed by atoms with Crippen LogP contribution in [0.2, 0.25) is 0 Å². The van der Waals surface area contributed by atoms with Crippen LogP contribution >= 0.6 is 15.9 Å². The van der Waals surface area contributed by atoms with Crippen LogP contribution in [0.1, 0.15) is 20.3 Å². The van der Waals surface area contributed by atoms with Crippen LogP contribution in [0.5, 0.6) is 0 Å². The first-order valence-electron chi connectivity index (χ1n) is 6.30. The van der Waals surface area contributed by atoms with Crippen molar-refractivity contribution >= 4 is 27.6 Å². The maximum absolute atomic E-state index is 11.6. The molecule has 0 saturated carbocycles. The van der Waals surface area contributed by atoms with Gasteiger partial charge in [-0.1, -0.05) is 42.4 Å². The van der Waals surface area contributed by atoms with E-state index in [9.17, 15) is 9.59 Å². The number of halogens is 1. The molecule has 1 aliphatic rings. The van der Waals surface area contributed by atoms with Crippen LogP contribution in [-0.4, -0.2) is 36.2 Å². The summed E-state index contributed by atoms with van der Waals surface area (Å²) in [5, 5.41) is 2.56. The van der Waals surface area contributed by atoms with Gasteiger partial charge in [0.05, 0.1) is 0 Å². The summed E-state index contributed by atoms with van der Waals surface area (Å²) in [5.74, 6) is -1.07. The average Bonchev–Trinajstić information content (AvgIpc) is 2.43. The molecular weight excluding hydrogens is 308 g/mol. The lowest BCUT2D eigenvalue weighted by atomic mass is 10.1. The lowest BCUT2D eigenvalue weighted by molar-refractivity contribution is -0.136. The van der Waals surface area contributed by atoms with E-state index < -0.39 is 11.7 Å². The summed E-state index contributed by atoms with van der Waals surface area (Å²) in [7, 11) is 0. The van der Waals surface area contributed by atoms with Crippen molar-refractivity contribution in [1.29, 1.82) is 0 Å². The summed E-state index contributed by atoms with van der Waals surface area (Å²) in [4.78, 5) is 25.3. The molecule has 0 fully saturated rings. The summed E-state index contributed by atoms with van der Waals surface area (Å²) >= 11 is 3.39. The Hall–Kier alpha value is -1.20. The number of nitrogens with one attached hydrogen (secondary N) is 1. The average molecular weight is 327 g/mol. The quantitative estimate of drug-likeness (QED) is 0.805. The number of hydrogen-bond donors (Lipinski definition) is 1. The number of amides is 1. The predicted octanol–water partition coefficient (Wildman–Crippen LogP) is 2.14. The Morgan fingerprint density at radius 1 is 1.37 bits per heavy atom. The van der Waals surface area contributed by atoms with E-state index in [0.717, 1.165) is 23.1 Å². The maximum Gasteiger partial charge on any atom is 0.292 e. The molecule has 0 aromatic rings. The van der Waals surface area contributed by atoms with Gasteiger partial charge in [0.2, 0.25) is 5.78 Å². The lowest BCUT2D eigenvalue weighted by Crippen LogP contribution is -2.33. The third-order valence-electron chi connectivity index (χ3n) is 2.99. The van der Waals surface area contributed by atoms with E-state index in [-0.39, 0.29) is 6.42 Å². The first-order valence-corrected chi connectivity index (χ1v) is 7.09. The second kappa shape index (κ2) is 7.40. The summed E-state index contributed by atoms with van der Waals surface area (Å²) in [6.45, 7) is 10.5. The van der Waals surface area contributed by atoms with E-state index >= 15 is 0 Å². The SMILES string of the molecule is C=C1NC(=O)C(=O)C/C=C(Br)\C=C/1CN(CC)CC. The molecule has 0 radical (unpaired) electrons. The first-order chi connectivity index (χ1) is 8.97. The van der Waals surface area contributed by atoms with Gasteiger partial charge in [0.1, 0.15) is 0 Å². The fourth-order valence-corrected chi connectivity index (χ4v) is 2.15. The molecule has 0 bridgehead atoms. The fourth-order valence-electron chi connectivity index (χ4n) is 1.71. The summed E-state index contributed by atoms with van der Waals surface area (Å²) in [5.41, 5.74) is 1.38. The lowest BCUT2D eigenvalue weighted by Gasteiger charge is -2.21. The van der Waals surface area contributed by atoms with Crippen LogP contribution in [0.4, 0.5) is 0 Å². The summed E-state index contributed by atoms with van der Waals surface area (Å²) in [6.07, 6.45) is 3.69. The molecule has 0 unspecified atom stereocenters. The fraction of sp³-hybridized carbons (Fsp3) is 0.429. The Bertz CT molecular complexity index is 448. The topological polar surface area (TPSA) is 49.4 Å². The van der Waals surface area contributed by atoms with Gasteiger partial charge in [-0.3, -0.25) is 14.5 Å². The number of likely N-dealkylation sites (N-methyl/N-ethyl adjacent to an activating group) is 1. The summed E-state index contributed by atoms with van der Waals surface area (Å²) in [6, 6.07) is 0. The third-order valence-corrected chi connectivity index (χ3v) is 3.54. The Morgan fingerprint density at radius 3 is 2.58 bits per heavy atom. The zero-order chi connectivity index (χ0) is 14.4. The van der Waals surface area contributed by atoms with Gasteiger partial charge < -0.3 is 5.32 Å². The van der Waals surface area contributed by atoms with E-state index in [1.165, 1.54) is 0 Å². The molecule has 1 heterocycles. The van der Waals surface area contributed by atoms with Gasteiger partial charge in [0.25, 0.3) is 5.91 Å². The van der Waals surface area contributed by atoms with E-state index in [0.29, 0.717) is 12.2 Å². The minimum atomic E-state index is -0.603. The normalized spacial score (nSPS) is 22.8. The number of Topliss-reactive ketones (excluding diaryl/α,β-unsaturated/α-hetero) is 1. The smallest absolute Gasteiger partial charge is 0.292 e. The van der Waals surface area contributed by atoms with Crippen molar-refractivity contribution in [1.82, 2.24) is 10.2 Å². The maximum atomic E-state index is 11.6.